The quantitative estimate of drug-likeness (QED) is 0.661. The number of amides is 1. The van der Waals surface area contributed by atoms with Crippen LogP contribution in [-0.4, -0.2) is 61.3 Å². The fourth-order valence-electron chi connectivity index (χ4n) is 3.45. The van der Waals surface area contributed by atoms with E-state index in [-0.39, 0.29) is 11.7 Å². The third-order valence-electron chi connectivity index (χ3n) is 5.26. The van der Waals surface area contributed by atoms with E-state index in [1.54, 1.807) is 7.11 Å². The van der Waals surface area contributed by atoms with Crippen LogP contribution < -0.4 is 4.74 Å². The second kappa shape index (κ2) is 10.0. The second-order valence-electron chi connectivity index (χ2n) is 7.11. The van der Waals surface area contributed by atoms with Gasteiger partial charge in [-0.15, -0.1) is 0 Å². The number of methoxy groups -OCH3 is 1. The van der Waals surface area contributed by atoms with Gasteiger partial charge in [0.1, 0.15) is 5.75 Å². The molecule has 28 heavy (non-hydrogen) atoms. The van der Waals surface area contributed by atoms with Crippen molar-refractivity contribution in [1.29, 1.82) is 0 Å². The van der Waals surface area contributed by atoms with Crippen molar-refractivity contribution in [3.63, 3.8) is 0 Å². The molecule has 1 aliphatic rings. The molecule has 1 fully saturated rings. The van der Waals surface area contributed by atoms with Gasteiger partial charge < -0.3 is 9.64 Å². The predicted octanol–water partition coefficient (Wildman–Crippen LogP) is 3.05. The van der Waals surface area contributed by atoms with Crippen LogP contribution in [0.1, 0.15) is 28.8 Å². The third-order valence-corrected chi connectivity index (χ3v) is 5.26. The number of piperazine rings is 1. The van der Waals surface area contributed by atoms with Crippen molar-refractivity contribution in [2.45, 2.75) is 19.3 Å². The molecule has 5 heteroatoms. The summed E-state index contributed by atoms with van der Waals surface area (Å²) in [5.41, 5.74) is 1.92. The molecule has 2 aromatic rings. The van der Waals surface area contributed by atoms with E-state index in [0.29, 0.717) is 12.8 Å². The Kier molecular flexibility index (Phi) is 7.20. The first-order valence-electron chi connectivity index (χ1n) is 9.87. The fraction of sp³-hybridized carbons (Fsp3) is 0.391. The minimum atomic E-state index is 0.179. The fourth-order valence-corrected chi connectivity index (χ4v) is 3.45. The molecule has 0 bridgehead atoms. The van der Waals surface area contributed by atoms with Crippen molar-refractivity contribution in [3.05, 3.63) is 65.7 Å². The van der Waals surface area contributed by atoms with Gasteiger partial charge in [0.2, 0.25) is 5.91 Å². The number of nitrogens with zero attached hydrogens (tertiary/aromatic N) is 2. The largest absolute Gasteiger partial charge is 0.497 e. The first-order valence-corrected chi connectivity index (χ1v) is 9.87. The number of hydrogen-bond donors (Lipinski definition) is 0. The average molecular weight is 380 g/mol. The molecule has 148 valence electrons. The summed E-state index contributed by atoms with van der Waals surface area (Å²) in [4.78, 5) is 28.9. The monoisotopic (exact) mass is 380 g/mol. The topological polar surface area (TPSA) is 49.9 Å². The molecular weight excluding hydrogens is 352 g/mol. The van der Waals surface area contributed by atoms with Crippen LogP contribution in [0.2, 0.25) is 0 Å². The standard InChI is InChI=1S/C23H28N2O3/c1-28-21-10-7-19(8-11-21)9-12-23(27)25-17-15-24(16-18-25)14-13-22(26)20-5-3-2-4-6-20/h2-8,10-11H,9,12-18H2,1H3. The molecule has 0 saturated carbocycles. The van der Waals surface area contributed by atoms with Gasteiger partial charge in [0, 0.05) is 51.1 Å². The maximum absolute atomic E-state index is 12.5. The van der Waals surface area contributed by atoms with Crippen LogP contribution in [0.3, 0.4) is 0 Å². The van der Waals surface area contributed by atoms with Gasteiger partial charge >= 0.3 is 0 Å². The highest BCUT2D eigenvalue weighted by Crippen LogP contribution is 2.14. The van der Waals surface area contributed by atoms with Crippen molar-refractivity contribution >= 4 is 11.7 Å². The molecule has 1 aliphatic heterocycles. The van der Waals surface area contributed by atoms with E-state index in [2.05, 4.69) is 4.90 Å². The number of hydrogen-bond acceptors (Lipinski definition) is 4. The predicted molar refractivity (Wildman–Crippen MR) is 110 cm³/mol. The van der Waals surface area contributed by atoms with E-state index in [1.165, 1.54) is 0 Å². The minimum Gasteiger partial charge on any atom is -0.497 e. The average Bonchev–Trinajstić information content (AvgIpc) is 2.77. The number of carbonyl (C=O) groups is 2. The Labute approximate surface area is 166 Å². The molecule has 0 aromatic heterocycles. The number of ketones is 1. The molecule has 3 rings (SSSR count). The molecule has 0 N–H and O–H groups in total. The lowest BCUT2D eigenvalue weighted by Gasteiger charge is -2.34. The molecule has 0 atom stereocenters. The number of Topliss-reactive ketones (excluding diaryl/α,β-unsaturated/α-hetero) is 1. The van der Waals surface area contributed by atoms with Crippen LogP contribution in [0.5, 0.6) is 5.75 Å². The van der Waals surface area contributed by atoms with E-state index in [0.717, 1.165) is 56.0 Å². The molecule has 1 amide bonds. The summed E-state index contributed by atoms with van der Waals surface area (Å²) in [6.07, 6.45) is 1.79. The zero-order valence-corrected chi connectivity index (χ0v) is 16.5. The number of aryl methyl sites for hydroxylation is 1. The summed E-state index contributed by atoms with van der Waals surface area (Å²) in [5.74, 6) is 1.21. The summed E-state index contributed by atoms with van der Waals surface area (Å²) < 4.78 is 5.16. The highest BCUT2D eigenvalue weighted by Gasteiger charge is 2.21. The molecule has 0 unspecified atom stereocenters. The van der Waals surface area contributed by atoms with Gasteiger partial charge in [-0.05, 0) is 24.1 Å². The van der Waals surface area contributed by atoms with E-state index in [9.17, 15) is 9.59 Å². The molecule has 5 nitrogen and oxygen atoms in total. The lowest BCUT2D eigenvalue weighted by Crippen LogP contribution is -2.49. The molecule has 1 saturated heterocycles. The molecule has 1 heterocycles. The van der Waals surface area contributed by atoms with Crippen molar-refractivity contribution in [3.8, 4) is 5.75 Å². The van der Waals surface area contributed by atoms with Crippen LogP contribution in [0.4, 0.5) is 0 Å². The first kappa shape index (κ1) is 20.1. The highest BCUT2D eigenvalue weighted by atomic mass is 16.5. The zero-order valence-electron chi connectivity index (χ0n) is 16.5. The minimum absolute atomic E-state index is 0.179. The molecule has 0 aliphatic carbocycles. The number of benzene rings is 2. The van der Waals surface area contributed by atoms with Crippen molar-refractivity contribution in [2.75, 3.05) is 39.8 Å². The number of rotatable bonds is 8. The zero-order chi connectivity index (χ0) is 19.8. The van der Waals surface area contributed by atoms with Crippen molar-refractivity contribution < 1.29 is 14.3 Å². The maximum atomic E-state index is 12.5. The molecular formula is C23H28N2O3. The first-order chi connectivity index (χ1) is 13.7. The van der Waals surface area contributed by atoms with E-state index >= 15 is 0 Å². The Morgan fingerprint density at radius 1 is 0.893 bits per heavy atom. The van der Waals surface area contributed by atoms with Gasteiger partial charge in [-0.1, -0.05) is 42.5 Å². The second-order valence-corrected chi connectivity index (χ2v) is 7.11. The Morgan fingerprint density at radius 3 is 2.21 bits per heavy atom. The van der Waals surface area contributed by atoms with Crippen molar-refractivity contribution in [2.24, 2.45) is 0 Å². The van der Waals surface area contributed by atoms with Gasteiger partial charge in [-0.3, -0.25) is 14.5 Å². The summed E-state index contributed by atoms with van der Waals surface area (Å²) in [6, 6.07) is 17.3. The van der Waals surface area contributed by atoms with Gasteiger partial charge in [0.15, 0.2) is 5.78 Å². The highest BCUT2D eigenvalue weighted by molar-refractivity contribution is 5.96. The van der Waals surface area contributed by atoms with Crippen LogP contribution in [-0.2, 0) is 11.2 Å². The Morgan fingerprint density at radius 2 is 1.57 bits per heavy atom. The van der Waals surface area contributed by atoms with E-state index < -0.39 is 0 Å². The summed E-state index contributed by atoms with van der Waals surface area (Å²) in [6.45, 7) is 3.89. The van der Waals surface area contributed by atoms with Gasteiger partial charge in [-0.2, -0.15) is 0 Å². The van der Waals surface area contributed by atoms with E-state index in [1.807, 2.05) is 59.5 Å². The van der Waals surface area contributed by atoms with Crippen LogP contribution in [0.15, 0.2) is 54.6 Å². The number of carbonyl (C=O) groups excluding carboxylic acids is 2. The Bertz CT molecular complexity index is 766. The van der Waals surface area contributed by atoms with Crippen LogP contribution in [0, 0.1) is 0 Å². The van der Waals surface area contributed by atoms with Gasteiger partial charge in [0.05, 0.1) is 7.11 Å². The molecule has 2 aromatic carbocycles. The number of ether oxygens (including phenoxy) is 1. The SMILES string of the molecule is COc1ccc(CCC(=O)N2CCN(CCC(=O)c3ccccc3)CC2)cc1. The van der Waals surface area contributed by atoms with Crippen LogP contribution in [0.25, 0.3) is 0 Å². The summed E-state index contributed by atoms with van der Waals surface area (Å²) in [5, 5.41) is 0. The lowest BCUT2D eigenvalue weighted by atomic mass is 10.1. The Balaban J connectivity index is 1.37. The van der Waals surface area contributed by atoms with Crippen molar-refractivity contribution in [1.82, 2.24) is 9.80 Å². The molecule has 0 spiro atoms. The Hall–Kier alpha value is -2.66. The van der Waals surface area contributed by atoms with E-state index in [4.69, 9.17) is 4.74 Å². The van der Waals surface area contributed by atoms with Crippen LogP contribution >= 0.6 is 0 Å². The normalized spacial score (nSPS) is 14.7. The molecule has 0 radical (unpaired) electrons. The van der Waals surface area contributed by atoms with Gasteiger partial charge in [-0.25, -0.2) is 0 Å². The van der Waals surface area contributed by atoms with Gasteiger partial charge in [0.25, 0.3) is 0 Å². The smallest absolute Gasteiger partial charge is 0.222 e. The maximum Gasteiger partial charge on any atom is 0.222 e. The summed E-state index contributed by atoms with van der Waals surface area (Å²) >= 11 is 0. The lowest BCUT2D eigenvalue weighted by molar-refractivity contribution is -0.132. The third kappa shape index (κ3) is 5.67. The summed E-state index contributed by atoms with van der Waals surface area (Å²) in [7, 11) is 1.65.